The Balaban J connectivity index is 2.78. The number of aromatic nitrogens is 2. The van der Waals surface area contributed by atoms with Gasteiger partial charge in [-0.25, -0.2) is 0 Å². The lowest BCUT2D eigenvalue weighted by Crippen LogP contribution is -2.22. The molecule has 0 saturated carbocycles. The van der Waals surface area contributed by atoms with Crippen molar-refractivity contribution >= 4 is 6.08 Å². The van der Waals surface area contributed by atoms with E-state index in [1.54, 1.807) is 19.3 Å². The molecule has 0 aliphatic rings. The highest BCUT2D eigenvalue weighted by molar-refractivity contribution is 5.74. The molecule has 0 bridgehead atoms. The van der Waals surface area contributed by atoms with Gasteiger partial charge < -0.3 is 9.47 Å². The van der Waals surface area contributed by atoms with E-state index < -0.39 is 0 Å². The summed E-state index contributed by atoms with van der Waals surface area (Å²) in [5.41, 5.74) is 3.24. The lowest BCUT2D eigenvalue weighted by Gasteiger charge is -2.13. The number of pyridine rings is 2. The molecule has 5 heteroatoms. The molecule has 2 heterocycles. The second-order valence-corrected chi connectivity index (χ2v) is 5.30. The molecule has 0 fully saturated rings. The van der Waals surface area contributed by atoms with E-state index in [0.29, 0.717) is 0 Å². The van der Waals surface area contributed by atoms with E-state index in [0.717, 1.165) is 22.5 Å². The van der Waals surface area contributed by atoms with E-state index in [2.05, 4.69) is 4.98 Å². The van der Waals surface area contributed by atoms with Gasteiger partial charge in [0.05, 0.1) is 5.69 Å². The van der Waals surface area contributed by atoms with Crippen LogP contribution in [0.2, 0.25) is 0 Å². The molecule has 0 aromatic carbocycles. The number of aryl methyl sites for hydroxylation is 1. The fraction of sp³-hybridized carbons (Fsp3) is 0.235. The van der Waals surface area contributed by atoms with Crippen LogP contribution in [0.3, 0.4) is 0 Å². The standard InChI is InChI=1S/C17H18N4O/c1-12-9-13(5-7-19-12)15-10-14(11-18)17(22)21(4)16(15)6-8-20(2)3/h5-10H,1-4H3. The van der Waals surface area contributed by atoms with Gasteiger partial charge in [-0.1, -0.05) is 0 Å². The molecule has 0 aliphatic carbocycles. The van der Waals surface area contributed by atoms with Crippen molar-refractivity contribution in [2.24, 2.45) is 7.05 Å². The van der Waals surface area contributed by atoms with Gasteiger partial charge in [-0.2, -0.15) is 5.26 Å². The summed E-state index contributed by atoms with van der Waals surface area (Å²) in [6, 6.07) is 7.43. The van der Waals surface area contributed by atoms with Crippen molar-refractivity contribution in [1.29, 1.82) is 5.26 Å². The van der Waals surface area contributed by atoms with Crippen LogP contribution in [-0.4, -0.2) is 28.5 Å². The average Bonchev–Trinajstić information content (AvgIpc) is 2.48. The predicted octanol–water partition coefficient (Wildman–Crippen LogP) is 2.16. The Morgan fingerprint density at radius 3 is 2.68 bits per heavy atom. The quantitative estimate of drug-likeness (QED) is 0.870. The highest BCUT2D eigenvalue weighted by Crippen LogP contribution is 2.24. The zero-order chi connectivity index (χ0) is 16.3. The first-order chi connectivity index (χ1) is 10.4. The molecule has 2 rings (SSSR count). The van der Waals surface area contributed by atoms with Crippen molar-refractivity contribution in [1.82, 2.24) is 14.5 Å². The second kappa shape index (κ2) is 6.27. The normalized spacial score (nSPS) is 10.7. The Hall–Kier alpha value is -2.87. The summed E-state index contributed by atoms with van der Waals surface area (Å²) in [4.78, 5) is 18.3. The number of nitriles is 1. The monoisotopic (exact) mass is 294 g/mol. The third-order valence-corrected chi connectivity index (χ3v) is 3.32. The summed E-state index contributed by atoms with van der Waals surface area (Å²) in [5, 5.41) is 9.18. The van der Waals surface area contributed by atoms with Crippen molar-refractivity contribution in [3.8, 4) is 17.2 Å². The zero-order valence-electron chi connectivity index (χ0n) is 13.2. The van der Waals surface area contributed by atoms with Crippen LogP contribution in [0.25, 0.3) is 17.2 Å². The molecule has 112 valence electrons. The number of hydrogen-bond acceptors (Lipinski definition) is 4. The van der Waals surface area contributed by atoms with E-state index in [1.807, 2.05) is 56.4 Å². The Bertz CT molecular complexity index is 826. The molecular formula is C17H18N4O. The molecule has 5 nitrogen and oxygen atoms in total. The van der Waals surface area contributed by atoms with Crippen LogP contribution in [0.4, 0.5) is 0 Å². The second-order valence-electron chi connectivity index (χ2n) is 5.30. The number of hydrogen-bond donors (Lipinski definition) is 0. The highest BCUT2D eigenvalue weighted by Gasteiger charge is 2.12. The van der Waals surface area contributed by atoms with Crippen LogP contribution in [0.5, 0.6) is 0 Å². The van der Waals surface area contributed by atoms with Crippen LogP contribution < -0.4 is 5.56 Å². The molecule has 0 N–H and O–H groups in total. The first-order valence-electron chi connectivity index (χ1n) is 6.86. The lowest BCUT2D eigenvalue weighted by molar-refractivity contribution is 0.567. The molecule has 2 aromatic heterocycles. The van der Waals surface area contributed by atoms with E-state index in [4.69, 9.17) is 0 Å². The summed E-state index contributed by atoms with van der Waals surface area (Å²) < 4.78 is 1.50. The summed E-state index contributed by atoms with van der Waals surface area (Å²) in [7, 11) is 5.50. The maximum Gasteiger partial charge on any atom is 0.268 e. The van der Waals surface area contributed by atoms with Crippen molar-refractivity contribution < 1.29 is 0 Å². The van der Waals surface area contributed by atoms with E-state index in [-0.39, 0.29) is 11.1 Å². The smallest absolute Gasteiger partial charge is 0.268 e. The predicted molar refractivity (Wildman–Crippen MR) is 87.1 cm³/mol. The third-order valence-electron chi connectivity index (χ3n) is 3.32. The molecular weight excluding hydrogens is 276 g/mol. The van der Waals surface area contributed by atoms with E-state index >= 15 is 0 Å². The Labute approximate surface area is 129 Å². The van der Waals surface area contributed by atoms with Crippen LogP contribution in [0.1, 0.15) is 17.0 Å². The minimum absolute atomic E-state index is 0.133. The fourth-order valence-electron chi connectivity index (χ4n) is 2.20. The lowest BCUT2D eigenvalue weighted by atomic mass is 10.0. The minimum atomic E-state index is -0.296. The van der Waals surface area contributed by atoms with E-state index in [1.165, 1.54) is 4.57 Å². The molecule has 0 aliphatic heterocycles. The van der Waals surface area contributed by atoms with Crippen molar-refractivity contribution in [2.45, 2.75) is 6.92 Å². The van der Waals surface area contributed by atoms with Gasteiger partial charge in [0.25, 0.3) is 5.56 Å². The third kappa shape index (κ3) is 3.07. The Morgan fingerprint density at radius 1 is 1.36 bits per heavy atom. The maximum absolute atomic E-state index is 12.2. The largest absolute Gasteiger partial charge is 0.383 e. The first-order valence-corrected chi connectivity index (χ1v) is 6.86. The molecule has 0 spiro atoms. The van der Waals surface area contributed by atoms with Crippen LogP contribution in [-0.2, 0) is 7.05 Å². The van der Waals surface area contributed by atoms with Gasteiger partial charge in [-0.05, 0) is 36.8 Å². The fourth-order valence-corrected chi connectivity index (χ4v) is 2.20. The summed E-state index contributed by atoms with van der Waals surface area (Å²) in [5.74, 6) is 0. The molecule has 2 aromatic rings. The van der Waals surface area contributed by atoms with E-state index in [9.17, 15) is 10.1 Å². The van der Waals surface area contributed by atoms with Crippen LogP contribution >= 0.6 is 0 Å². The maximum atomic E-state index is 12.2. The van der Waals surface area contributed by atoms with Gasteiger partial charge in [0.2, 0.25) is 0 Å². The average molecular weight is 294 g/mol. The Kier molecular flexibility index (Phi) is 4.42. The molecule has 0 atom stereocenters. The SMILES string of the molecule is Cc1cc(-c2cc(C#N)c(=O)n(C)c2C=CN(C)C)ccn1. The number of nitrogens with zero attached hydrogens (tertiary/aromatic N) is 4. The highest BCUT2D eigenvalue weighted by atomic mass is 16.1. The Morgan fingerprint density at radius 2 is 2.09 bits per heavy atom. The minimum Gasteiger partial charge on any atom is -0.383 e. The summed E-state index contributed by atoms with van der Waals surface area (Å²) >= 11 is 0. The van der Waals surface area contributed by atoms with Crippen LogP contribution in [0, 0.1) is 18.3 Å². The van der Waals surface area contributed by atoms with Gasteiger partial charge >= 0.3 is 0 Å². The van der Waals surface area contributed by atoms with Crippen molar-refractivity contribution in [3.63, 3.8) is 0 Å². The first kappa shape index (κ1) is 15.5. The molecule has 0 amide bonds. The molecule has 0 radical (unpaired) electrons. The van der Waals surface area contributed by atoms with Crippen molar-refractivity contribution in [2.75, 3.05) is 14.1 Å². The number of rotatable bonds is 3. The summed E-state index contributed by atoms with van der Waals surface area (Å²) in [6.07, 6.45) is 5.47. The van der Waals surface area contributed by atoms with Crippen LogP contribution in [0.15, 0.2) is 35.4 Å². The van der Waals surface area contributed by atoms with Gasteiger partial charge in [0.1, 0.15) is 11.6 Å². The molecule has 22 heavy (non-hydrogen) atoms. The van der Waals surface area contributed by atoms with Gasteiger partial charge in [-0.15, -0.1) is 0 Å². The van der Waals surface area contributed by atoms with Crippen molar-refractivity contribution in [3.05, 3.63) is 57.9 Å². The van der Waals surface area contributed by atoms with Gasteiger partial charge in [-0.3, -0.25) is 9.78 Å². The topological polar surface area (TPSA) is 61.9 Å². The zero-order valence-corrected chi connectivity index (χ0v) is 13.2. The molecule has 0 unspecified atom stereocenters. The molecule has 0 saturated heterocycles. The van der Waals surface area contributed by atoms with Gasteiger partial charge in [0, 0.05) is 44.8 Å². The summed E-state index contributed by atoms with van der Waals surface area (Å²) in [6.45, 7) is 1.91. The van der Waals surface area contributed by atoms with Gasteiger partial charge in [0.15, 0.2) is 0 Å².